The number of anilines is 1. The van der Waals surface area contributed by atoms with Crippen molar-refractivity contribution in [2.24, 2.45) is 0 Å². The molecular formula is C20H22BrN3S. The predicted molar refractivity (Wildman–Crippen MR) is 114 cm³/mol. The van der Waals surface area contributed by atoms with E-state index in [4.69, 9.17) is 12.2 Å². The molecule has 5 heteroatoms. The smallest absolute Gasteiger partial charge is 0.173 e. The number of halogens is 1. The second-order valence-corrected chi connectivity index (χ2v) is 7.34. The van der Waals surface area contributed by atoms with Gasteiger partial charge in [-0.15, -0.1) is 0 Å². The fourth-order valence-electron chi connectivity index (χ4n) is 2.77. The van der Waals surface area contributed by atoms with Crippen LogP contribution in [0.25, 0.3) is 6.08 Å². The topological polar surface area (TPSA) is 18.5 Å². The zero-order valence-electron chi connectivity index (χ0n) is 14.1. The minimum absolute atomic E-state index is 0.807. The molecule has 1 aliphatic heterocycles. The van der Waals surface area contributed by atoms with Gasteiger partial charge in [0.1, 0.15) is 0 Å². The largest absolute Gasteiger partial charge is 0.346 e. The number of hydrogen-bond donors (Lipinski definition) is 1. The number of hydrogen-bond acceptors (Lipinski definition) is 2. The lowest BCUT2D eigenvalue weighted by molar-refractivity contribution is 0.200. The van der Waals surface area contributed by atoms with Gasteiger partial charge in [-0.1, -0.05) is 58.4 Å². The standard InChI is InChI=1S/C20H22BrN3S/c21-18-8-10-19(11-9-18)22-20(25)24-15-13-23(14-16-24)12-4-7-17-5-2-1-3-6-17/h1-11H,12-16H2,(H,22,25)/b7-4+. The van der Waals surface area contributed by atoms with Gasteiger partial charge >= 0.3 is 0 Å². The van der Waals surface area contributed by atoms with Crippen LogP contribution in [0.3, 0.4) is 0 Å². The maximum Gasteiger partial charge on any atom is 0.173 e. The summed E-state index contributed by atoms with van der Waals surface area (Å²) < 4.78 is 1.07. The number of rotatable bonds is 4. The van der Waals surface area contributed by atoms with E-state index in [1.54, 1.807) is 0 Å². The summed E-state index contributed by atoms with van der Waals surface area (Å²) in [5.41, 5.74) is 2.28. The fourth-order valence-corrected chi connectivity index (χ4v) is 3.34. The minimum atomic E-state index is 0.807. The highest BCUT2D eigenvalue weighted by Gasteiger charge is 2.18. The first-order chi connectivity index (χ1) is 12.2. The Morgan fingerprint density at radius 3 is 2.36 bits per heavy atom. The maximum atomic E-state index is 5.55. The van der Waals surface area contributed by atoms with Crippen molar-refractivity contribution < 1.29 is 0 Å². The van der Waals surface area contributed by atoms with Gasteiger partial charge in [0.25, 0.3) is 0 Å². The molecule has 0 spiro atoms. The zero-order valence-corrected chi connectivity index (χ0v) is 16.5. The van der Waals surface area contributed by atoms with Gasteiger partial charge in [0.15, 0.2) is 5.11 Å². The Bertz CT molecular complexity index is 707. The maximum absolute atomic E-state index is 5.55. The van der Waals surface area contributed by atoms with Crippen LogP contribution in [-0.2, 0) is 0 Å². The molecule has 0 radical (unpaired) electrons. The molecule has 0 aromatic heterocycles. The molecule has 0 atom stereocenters. The van der Waals surface area contributed by atoms with Crippen molar-refractivity contribution in [3.8, 4) is 0 Å². The highest BCUT2D eigenvalue weighted by molar-refractivity contribution is 9.10. The third kappa shape index (κ3) is 5.66. The number of nitrogens with zero attached hydrogens (tertiary/aromatic N) is 2. The van der Waals surface area contributed by atoms with Gasteiger partial charge in [-0.25, -0.2) is 0 Å². The molecule has 0 unspecified atom stereocenters. The molecule has 0 amide bonds. The van der Waals surface area contributed by atoms with Gasteiger partial charge < -0.3 is 10.2 Å². The van der Waals surface area contributed by atoms with Crippen LogP contribution < -0.4 is 5.32 Å². The fraction of sp³-hybridized carbons (Fsp3) is 0.250. The van der Waals surface area contributed by atoms with Crippen molar-refractivity contribution in [2.45, 2.75) is 0 Å². The molecule has 1 fully saturated rings. The third-order valence-corrected chi connectivity index (χ3v) is 5.12. The average molecular weight is 416 g/mol. The number of piperazine rings is 1. The van der Waals surface area contributed by atoms with E-state index in [-0.39, 0.29) is 0 Å². The monoisotopic (exact) mass is 415 g/mol. The van der Waals surface area contributed by atoms with Gasteiger partial charge in [-0.2, -0.15) is 0 Å². The highest BCUT2D eigenvalue weighted by atomic mass is 79.9. The second-order valence-electron chi connectivity index (χ2n) is 6.04. The Morgan fingerprint density at radius 1 is 1.00 bits per heavy atom. The summed E-state index contributed by atoms with van der Waals surface area (Å²) in [7, 11) is 0. The summed E-state index contributed by atoms with van der Waals surface area (Å²) in [4.78, 5) is 4.70. The molecule has 0 bridgehead atoms. The van der Waals surface area contributed by atoms with Crippen molar-refractivity contribution in [1.29, 1.82) is 0 Å². The molecule has 3 nitrogen and oxygen atoms in total. The lowest BCUT2D eigenvalue weighted by Crippen LogP contribution is -2.49. The number of thiocarbonyl (C=S) groups is 1. The van der Waals surface area contributed by atoms with Gasteiger partial charge in [-0.05, 0) is 42.0 Å². The normalized spacial score (nSPS) is 15.5. The Hall–Kier alpha value is -1.69. The van der Waals surface area contributed by atoms with Crippen molar-refractivity contribution in [3.05, 3.63) is 70.7 Å². The van der Waals surface area contributed by atoms with Gasteiger partial charge in [0, 0.05) is 42.9 Å². The summed E-state index contributed by atoms with van der Waals surface area (Å²) in [6.07, 6.45) is 4.43. The first-order valence-electron chi connectivity index (χ1n) is 8.46. The molecule has 0 aliphatic carbocycles. The van der Waals surface area contributed by atoms with E-state index in [0.29, 0.717) is 0 Å². The lowest BCUT2D eigenvalue weighted by atomic mass is 10.2. The van der Waals surface area contributed by atoms with Crippen molar-refractivity contribution >= 4 is 45.0 Å². The number of nitrogens with one attached hydrogen (secondary N) is 1. The van der Waals surface area contributed by atoms with Crippen LogP contribution in [0.1, 0.15) is 5.56 Å². The average Bonchev–Trinajstić information content (AvgIpc) is 2.65. The Kier molecular flexibility index (Phi) is 6.62. The van der Waals surface area contributed by atoms with E-state index in [1.165, 1.54) is 5.56 Å². The summed E-state index contributed by atoms with van der Waals surface area (Å²) in [5.74, 6) is 0. The zero-order chi connectivity index (χ0) is 17.5. The lowest BCUT2D eigenvalue weighted by Gasteiger charge is -2.35. The third-order valence-electron chi connectivity index (χ3n) is 4.23. The van der Waals surface area contributed by atoms with Crippen LogP contribution >= 0.6 is 28.1 Å². The van der Waals surface area contributed by atoms with Crippen LogP contribution in [0.15, 0.2) is 65.1 Å². The van der Waals surface area contributed by atoms with Crippen LogP contribution in [0.5, 0.6) is 0 Å². The molecule has 0 saturated carbocycles. The highest BCUT2D eigenvalue weighted by Crippen LogP contribution is 2.15. The molecule has 2 aromatic rings. The van der Waals surface area contributed by atoms with Crippen molar-refractivity contribution in [2.75, 3.05) is 38.0 Å². The molecule has 1 saturated heterocycles. The van der Waals surface area contributed by atoms with Crippen LogP contribution in [0, 0.1) is 0 Å². The molecule has 130 valence electrons. The van der Waals surface area contributed by atoms with Crippen LogP contribution in [0.2, 0.25) is 0 Å². The molecule has 1 N–H and O–H groups in total. The van der Waals surface area contributed by atoms with E-state index in [1.807, 2.05) is 30.3 Å². The predicted octanol–water partition coefficient (Wildman–Crippen LogP) is 4.48. The Morgan fingerprint density at radius 2 is 1.68 bits per heavy atom. The SMILES string of the molecule is S=C(Nc1ccc(Br)cc1)N1CCN(C/C=C/c2ccccc2)CC1. The second kappa shape index (κ2) is 9.13. The first-order valence-corrected chi connectivity index (χ1v) is 9.66. The summed E-state index contributed by atoms with van der Waals surface area (Å²) >= 11 is 9.00. The van der Waals surface area contributed by atoms with E-state index < -0.39 is 0 Å². The van der Waals surface area contributed by atoms with Gasteiger partial charge in [-0.3, -0.25) is 4.90 Å². The molecule has 1 aliphatic rings. The van der Waals surface area contributed by atoms with Crippen LogP contribution in [0.4, 0.5) is 5.69 Å². The summed E-state index contributed by atoms with van der Waals surface area (Å²) in [6.45, 7) is 4.96. The van der Waals surface area contributed by atoms with Crippen molar-refractivity contribution in [1.82, 2.24) is 9.80 Å². The Labute approximate surface area is 163 Å². The molecule has 1 heterocycles. The first kappa shape index (κ1) is 18.1. The molecule has 2 aromatic carbocycles. The van der Waals surface area contributed by atoms with Gasteiger partial charge in [0.05, 0.1) is 0 Å². The van der Waals surface area contributed by atoms with Crippen molar-refractivity contribution in [3.63, 3.8) is 0 Å². The van der Waals surface area contributed by atoms with E-state index in [9.17, 15) is 0 Å². The molecule has 3 rings (SSSR count). The van der Waals surface area contributed by atoms with Crippen LogP contribution in [-0.4, -0.2) is 47.6 Å². The minimum Gasteiger partial charge on any atom is -0.346 e. The van der Waals surface area contributed by atoms with E-state index in [0.717, 1.165) is 48.0 Å². The molecule has 25 heavy (non-hydrogen) atoms. The quantitative estimate of drug-likeness (QED) is 0.741. The Balaban J connectivity index is 1.42. The number of benzene rings is 2. The van der Waals surface area contributed by atoms with E-state index in [2.05, 4.69) is 67.5 Å². The van der Waals surface area contributed by atoms with Gasteiger partial charge in [0.2, 0.25) is 0 Å². The van der Waals surface area contributed by atoms with E-state index >= 15 is 0 Å². The summed E-state index contributed by atoms with van der Waals surface area (Å²) in [5, 5.41) is 4.13. The molecular weight excluding hydrogens is 394 g/mol. The summed E-state index contributed by atoms with van der Waals surface area (Å²) in [6, 6.07) is 18.5.